The van der Waals surface area contributed by atoms with Gasteiger partial charge in [0.15, 0.2) is 0 Å². The van der Waals surface area contributed by atoms with E-state index in [1.807, 2.05) is 0 Å². The van der Waals surface area contributed by atoms with Gasteiger partial charge in [0, 0.05) is 24.5 Å². The molecule has 0 spiro atoms. The second kappa shape index (κ2) is 10.0. The van der Waals surface area contributed by atoms with Crippen molar-refractivity contribution in [1.82, 2.24) is 9.97 Å². The maximum absolute atomic E-state index is 10.2. The summed E-state index contributed by atoms with van der Waals surface area (Å²) < 4.78 is 0. The molecule has 0 bridgehead atoms. The van der Waals surface area contributed by atoms with E-state index in [4.69, 9.17) is 0 Å². The van der Waals surface area contributed by atoms with Gasteiger partial charge in [-0.15, -0.1) is 24.8 Å². The number of rotatable bonds is 0. The summed E-state index contributed by atoms with van der Waals surface area (Å²) in [6, 6.07) is 9.86. The SMILES string of the molecule is Cl.Cl.O=c1cccc[nH]1.O=c1cccc[nH]1. The van der Waals surface area contributed by atoms with Crippen LogP contribution in [0, 0.1) is 0 Å². The molecule has 2 N–H and O–H groups in total. The molecule has 2 heterocycles. The van der Waals surface area contributed by atoms with Gasteiger partial charge in [0.25, 0.3) is 0 Å². The lowest BCUT2D eigenvalue weighted by molar-refractivity contribution is 1.24. The fourth-order valence-electron chi connectivity index (χ4n) is 0.754. The first-order valence-electron chi connectivity index (χ1n) is 4.06. The zero-order valence-electron chi connectivity index (χ0n) is 8.25. The maximum Gasteiger partial charge on any atom is 0.247 e. The third kappa shape index (κ3) is 7.84. The monoisotopic (exact) mass is 262 g/mol. The van der Waals surface area contributed by atoms with Crippen LogP contribution in [0.3, 0.4) is 0 Å². The van der Waals surface area contributed by atoms with Crippen molar-refractivity contribution in [3.63, 3.8) is 0 Å². The highest BCUT2D eigenvalue weighted by Gasteiger charge is 1.70. The Morgan fingerprint density at radius 1 is 0.688 bits per heavy atom. The van der Waals surface area contributed by atoms with Gasteiger partial charge in [-0.1, -0.05) is 12.1 Å². The van der Waals surface area contributed by atoms with Gasteiger partial charge >= 0.3 is 0 Å². The Hall–Kier alpha value is -1.52. The Kier molecular flexibility index (Phi) is 10.6. The van der Waals surface area contributed by atoms with Gasteiger partial charge in [-0.3, -0.25) is 9.59 Å². The Bertz CT molecular complexity index is 402. The molecule has 0 saturated carbocycles. The number of aromatic amines is 2. The lowest BCUT2D eigenvalue weighted by atomic mass is 10.5. The van der Waals surface area contributed by atoms with Crippen LogP contribution in [-0.2, 0) is 0 Å². The van der Waals surface area contributed by atoms with E-state index in [1.165, 1.54) is 12.1 Å². The Labute approximate surface area is 105 Å². The van der Waals surface area contributed by atoms with Gasteiger partial charge in [-0.25, -0.2) is 0 Å². The van der Waals surface area contributed by atoms with E-state index >= 15 is 0 Å². The predicted molar refractivity (Wildman–Crippen MR) is 68.6 cm³/mol. The largest absolute Gasteiger partial charge is 0.329 e. The first kappa shape index (κ1) is 16.9. The van der Waals surface area contributed by atoms with Crippen molar-refractivity contribution in [2.75, 3.05) is 0 Å². The smallest absolute Gasteiger partial charge is 0.247 e. The van der Waals surface area contributed by atoms with Crippen molar-refractivity contribution in [3.8, 4) is 0 Å². The molecular weight excluding hydrogens is 251 g/mol. The summed E-state index contributed by atoms with van der Waals surface area (Å²) in [4.78, 5) is 25.4. The molecule has 0 radical (unpaired) electrons. The topological polar surface area (TPSA) is 65.7 Å². The molecule has 2 aromatic rings. The first-order chi connectivity index (χ1) is 6.79. The second-order valence-electron chi connectivity index (χ2n) is 2.45. The molecule has 16 heavy (non-hydrogen) atoms. The van der Waals surface area contributed by atoms with Crippen molar-refractivity contribution in [3.05, 3.63) is 69.5 Å². The van der Waals surface area contributed by atoms with E-state index in [1.54, 1.807) is 36.7 Å². The van der Waals surface area contributed by atoms with Crippen LogP contribution >= 0.6 is 24.8 Å². The summed E-state index contributed by atoms with van der Waals surface area (Å²) in [5.74, 6) is 0. The molecule has 0 saturated heterocycles. The zero-order chi connectivity index (χ0) is 10.2. The molecule has 4 nitrogen and oxygen atoms in total. The summed E-state index contributed by atoms with van der Waals surface area (Å²) in [7, 11) is 0. The van der Waals surface area contributed by atoms with Crippen LogP contribution in [0.25, 0.3) is 0 Å². The minimum atomic E-state index is -0.0532. The first-order valence-corrected chi connectivity index (χ1v) is 4.06. The number of hydrogen-bond donors (Lipinski definition) is 2. The van der Waals surface area contributed by atoms with E-state index in [-0.39, 0.29) is 35.9 Å². The minimum Gasteiger partial charge on any atom is -0.329 e. The molecule has 6 heteroatoms. The minimum absolute atomic E-state index is 0. The molecule has 2 rings (SSSR count). The average Bonchev–Trinajstić information content (AvgIpc) is 2.21. The second-order valence-corrected chi connectivity index (χ2v) is 2.45. The van der Waals surface area contributed by atoms with Crippen LogP contribution in [0.4, 0.5) is 0 Å². The van der Waals surface area contributed by atoms with Crippen LogP contribution in [-0.4, -0.2) is 9.97 Å². The number of aromatic nitrogens is 2. The molecule has 0 unspecified atom stereocenters. The van der Waals surface area contributed by atoms with E-state index in [9.17, 15) is 9.59 Å². The lowest BCUT2D eigenvalue weighted by Crippen LogP contribution is -1.98. The highest BCUT2D eigenvalue weighted by molar-refractivity contribution is 5.85. The van der Waals surface area contributed by atoms with Crippen LogP contribution in [0.5, 0.6) is 0 Å². The lowest BCUT2D eigenvalue weighted by Gasteiger charge is -1.73. The number of halogens is 2. The highest BCUT2D eigenvalue weighted by Crippen LogP contribution is 1.67. The van der Waals surface area contributed by atoms with E-state index < -0.39 is 0 Å². The predicted octanol–water partition coefficient (Wildman–Crippen LogP) is 1.59. The molecule has 0 aliphatic carbocycles. The third-order valence-electron chi connectivity index (χ3n) is 1.36. The van der Waals surface area contributed by atoms with Gasteiger partial charge in [-0.05, 0) is 12.1 Å². The van der Waals surface area contributed by atoms with Gasteiger partial charge in [0.05, 0.1) is 0 Å². The highest BCUT2D eigenvalue weighted by atomic mass is 35.5. The average molecular weight is 263 g/mol. The van der Waals surface area contributed by atoms with Gasteiger partial charge in [-0.2, -0.15) is 0 Å². The number of H-pyrrole nitrogens is 2. The molecule has 0 amide bonds. The van der Waals surface area contributed by atoms with Gasteiger partial charge < -0.3 is 9.97 Å². The Balaban J connectivity index is 0. The molecular formula is C10H12Cl2N2O2. The van der Waals surface area contributed by atoms with Crippen LogP contribution < -0.4 is 11.1 Å². The summed E-state index contributed by atoms with van der Waals surface area (Å²) in [5.41, 5.74) is -0.106. The number of hydrogen-bond acceptors (Lipinski definition) is 2. The number of pyridine rings is 2. The van der Waals surface area contributed by atoms with Crippen molar-refractivity contribution >= 4 is 24.8 Å². The van der Waals surface area contributed by atoms with Crippen LogP contribution in [0.2, 0.25) is 0 Å². The van der Waals surface area contributed by atoms with Crippen molar-refractivity contribution in [2.45, 2.75) is 0 Å². The standard InChI is InChI=1S/2C5H5NO.2ClH/c2*7-5-3-1-2-4-6-5;;/h2*1-4H,(H,6,7);2*1H. The van der Waals surface area contributed by atoms with Crippen molar-refractivity contribution < 1.29 is 0 Å². The van der Waals surface area contributed by atoms with E-state index in [0.717, 1.165) is 0 Å². The summed E-state index contributed by atoms with van der Waals surface area (Å²) >= 11 is 0. The fraction of sp³-hybridized carbons (Fsp3) is 0. The Morgan fingerprint density at radius 3 is 1.19 bits per heavy atom. The molecule has 0 aromatic carbocycles. The van der Waals surface area contributed by atoms with Crippen molar-refractivity contribution in [2.24, 2.45) is 0 Å². The molecule has 0 aliphatic heterocycles. The van der Waals surface area contributed by atoms with Gasteiger partial charge in [0.1, 0.15) is 0 Å². The van der Waals surface area contributed by atoms with Crippen LogP contribution in [0.1, 0.15) is 0 Å². The molecule has 88 valence electrons. The molecule has 0 atom stereocenters. The van der Waals surface area contributed by atoms with E-state index in [0.29, 0.717) is 0 Å². The Morgan fingerprint density at radius 2 is 1.06 bits per heavy atom. The number of nitrogens with one attached hydrogen (secondary N) is 2. The molecule has 0 aliphatic rings. The maximum atomic E-state index is 10.2. The quantitative estimate of drug-likeness (QED) is 0.758. The zero-order valence-corrected chi connectivity index (χ0v) is 9.88. The fourth-order valence-corrected chi connectivity index (χ4v) is 0.754. The molecule has 0 fully saturated rings. The third-order valence-corrected chi connectivity index (χ3v) is 1.36. The summed E-state index contributed by atoms with van der Waals surface area (Å²) in [6.07, 6.45) is 3.20. The van der Waals surface area contributed by atoms with E-state index in [2.05, 4.69) is 9.97 Å². The molecule has 2 aromatic heterocycles. The van der Waals surface area contributed by atoms with Gasteiger partial charge in [0.2, 0.25) is 11.1 Å². The van der Waals surface area contributed by atoms with Crippen LogP contribution in [0.15, 0.2) is 58.4 Å². The van der Waals surface area contributed by atoms with Crippen molar-refractivity contribution in [1.29, 1.82) is 0 Å². The normalized spacial score (nSPS) is 7.50. The summed E-state index contributed by atoms with van der Waals surface area (Å²) in [6.45, 7) is 0. The summed E-state index contributed by atoms with van der Waals surface area (Å²) in [5, 5.41) is 0.